The summed E-state index contributed by atoms with van der Waals surface area (Å²) in [5, 5.41) is 0. The van der Waals surface area contributed by atoms with Gasteiger partial charge in [0.25, 0.3) is 0 Å². The summed E-state index contributed by atoms with van der Waals surface area (Å²) in [6.07, 6.45) is 0. The number of halogens is 2. The van der Waals surface area contributed by atoms with E-state index in [4.69, 9.17) is 0 Å². The highest BCUT2D eigenvalue weighted by Crippen LogP contribution is 2.17. The summed E-state index contributed by atoms with van der Waals surface area (Å²) in [5.74, 6) is -2.17. The van der Waals surface area contributed by atoms with Gasteiger partial charge in [0.05, 0.1) is 0 Å². The van der Waals surface area contributed by atoms with Crippen LogP contribution in [-0.4, -0.2) is 20.0 Å². The van der Waals surface area contributed by atoms with Gasteiger partial charge < -0.3 is 0 Å². The molecule has 0 atom stereocenters. The molecule has 0 aliphatic rings. The standard InChI is InChI=1S/C14H10BrFO3S/c15-11-7-5-10(6-8-11)13(17)9-20(18,19)14-4-2-1-3-12(14)16/h1-8H,9H2. The van der Waals surface area contributed by atoms with E-state index in [-0.39, 0.29) is 5.56 Å². The van der Waals surface area contributed by atoms with Gasteiger partial charge in [-0.05, 0) is 24.3 Å². The third-order valence-electron chi connectivity index (χ3n) is 2.66. The summed E-state index contributed by atoms with van der Waals surface area (Å²) in [7, 11) is -3.98. The van der Waals surface area contributed by atoms with Crippen molar-refractivity contribution in [1.29, 1.82) is 0 Å². The number of Topliss-reactive ketones (excluding diaryl/α,β-unsaturated/α-hetero) is 1. The van der Waals surface area contributed by atoms with Crippen LogP contribution in [0.25, 0.3) is 0 Å². The highest BCUT2D eigenvalue weighted by Gasteiger charge is 2.23. The number of rotatable bonds is 4. The third-order valence-corrected chi connectivity index (χ3v) is 4.83. The Morgan fingerprint density at radius 2 is 1.65 bits per heavy atom. The van der Waals surface area contributed by atoms with Crippen molar-refractivity contribution in [2.24, 2.45) is 0 Å². The Labute approximate surface area is 124 Å². The second kappa shape index (κ2) is 5.85. The summed E-state index contributed by atoms with van der Waals surface area (Å²) < 4.78 is 38.3. The lowest BCUT2D eigenvalue weighted by Crippen LogP contribution is -2.17. The maximum Gasteiger partial charge on any atom is 0.188 e. The summed E-state index contributed by atoms with van der Waals surface area (Å²) >= 11 is 3.22. The molecule has 0 saturated carbocycles. The van der Waals surface area contributed by atoms with Gasteiger partial charge in [-0.25, -0.2) is 12.8 Å². The first-order valence-electron chi connectivity index (χ1n) is 5.66. The molecule has 6 heteroatoms. The number of carbonyl (C=O) groups excluding carboxylic acids is 1. The van der Waals surface area contributed by atoms with Crippen LogP contribution in [0, 0.1) is 5.82 Å². The normalized spacial score (nSPS) is 11.3. The Bertz CT molecular complexity index is 739. The van der Waals surface area contributed by atoms with Crippen LogP contribution in [-0.2, 0) is 9.84 Å². The van der Waals surface area contributed by atoms with Crippen molar-refractivity contribution in [3.63, 3.8) is 0 Å². The van der Waals surface area contributed by atoms with Gasteiger partial charge in [0, 0.05) is 10.0 Å². The molecule has 2 aromatic carbocycles. The zero-order valence-corrected chi connectivity index (χ0v) is 12.6. The molecule has 3 nitrogen and oxygen atoms in total. The number of sulfone groups is 1. The van der Waals surface area contributed by atoms with Gasteiger partial charge in [0.2, 0.25) is 0 Å². The van der Waals surface area contributed by atoms with Crippen LogP contribution in [0.2, 0.25) is 0 Å². The number of ketones is 1. The molecule has 0 amide bonds. The van der Waals surface area contributed by atoms with Gasteiger partial charge in [0.1, 0.15) is 16.5 Å². The van der Waals surface area contributed by atoms with E-state index in [2.05, 4.69) is 15.9 Å². The zero-order chi connectivity index (χ0) is 14.8. The van der Waals surface area contributed by atoms with E-state index < -0.39 is 32.1 Å². The molecular weight excluding hydrogens is 347 g/mol. The number of benzene rings is 2. The minimum atomic E-state index is -3.98. The van der Waals surface area contributed by atoms with Crippen LogP contribution < -0.4 is 0 Å². The summed E-state index contributed by atoms with van der Waals surface area (Å²) in [6, 6.07) is 11.3. The Kier molecular flexibility index (Phi) is 4.35. The van der Waals surface area contributed by atoms with Crippen LogP contribution >= 0.6 is 15.9 Å². The van der Waals surface area contributed by atoms with Crippen molar-refractivity contribution in [3.05, 3.63) is 64.4 Å². The molecule has 2 aromatic rings. The molecular formula is C14H10BrFO3S. The molecule has 0 unspecified atom stereocenters. The molecule has 0 radical (unpaired) electrons. The average molecular weight is 357 g/mol. The fourth-order valence-corrected chi connectivity index (χ4v) is 3.25. The number of hydrogen-bond donors (Lipinski definition) is 0. The van der Waals surface area contributed by atoms with Crippen LogP contribution in [0.4, 0.5) is 4.39 Å². The molecule has 104 valence electrons. The predicted octanol–water partition coefficient (Wildman–Crippen LogP) is 3.24. The minimum Gasteiger partial charge on any atom is -0.293 e. The van der Waals surface area contributed by atoms with Crippen molar-refractivity contribution in [1.82, 2.24) is 0 Å². The first-order valence-corrected chi connectivity index (χ1v) is 8.11. The first-order chi connectivity index (χ1) is 9.40. The van der Waals surface area contributed by atoms with E-state index in [0.717, 1.165) is 16.6 Å². The quantitative estimate of drug-likeness (QED) is 0.790. The minimum absolute atomic E-state index is 0.271. The molecule has 2 rings (SSSR count). The van der Waals surface area contributed by atoms with E-state index in [1.807, 2.05) is 0 Å². The number of hydrogen-bond acceptors (Lipinski definition) is 3. The molecule has 0 aliphatic carbocycles. The Balaban J connectivity index is 2.27. The van der Waals surface area contributed by atoms with Crippen molar-refractivity contribution in [2.75, 3.05) is 5.75 Å². The smallest absolute Gasteiger partial charge is 0.188 e. The van der Waals surface area contributed by atoms with Crippen molar-refractivity contribution >= 4 is 31.6 Å². The van der Waals surface area contributed by atoms with E-state index in [0.29, 0.717) is 0 Å². The average Bonchev–Trinajstić information content (AvgIpc) is 2.39. The summed E-state index contributed by atoms with van der Waals surface area (Å²) in [6.45, 7) is 0. The van der Waals surface area contributed by atoms with Gasteiger partial charge in [-0.1, -0.05) is 40.2 Å². The zero-order valence-electron chi connectivity index (χ0n) is 10.2. The molecule has 0 aliphatic heterocycles. The summed E-state index contributed by atoms with van der Waals surface area (Å²) in [4.78, 5) is 11.5. The lowest BCUT2D eigenvalue weighted by molar-refractivity contribution is 0.102. The van der Waals surface area contributed by atoms with Crippen molar-refractivity contribution in [3.8, 4) is 0 Å². The monoisotopic (exact) mass is 356 g/mol. The van der Waals surface area contributed by atoms with E-state index >= 15 is 0 Å². The molecule has 0 fully saturated rings. The molecule has 0 saturated heterocycles. The molecule has 0 spiro atoms. The van der Waals surface area contributed by atoms with Gasteiger partial charge in [-0.15, -0.1) is 0 Å². The maximum absolute atomic E-state index is 13.5. The van der Waals surface area contributed by atoms with E-state index in [9.17, 15) is 17.6 Å². The Morgan fingerprint density at radius 1 is 1.05 bits per heavy atom. The summed E-state index contributed by atoms with van der Waals surface area (Å²) in [5.41, 5.74) is 0.271. The molecule has 0 bridgehead atoms. The molecule has 0 aromatic heterocycles. The van der Waals surface area contributed by atoms with Gasteiger partial charge >= 0.3 is 0 Å². The Hall–Kier alpha value is -1.53. The fourth-order valence-electron chi connectivity index (χ4n) is 1.67. The van der Waals surface area contributed by atoms with Gasteiger partial charge in [-0.2, -0.15) is 0 Å². The highest BCUT2D eigenvalue weighted by atomic mass is 79.9. The second-order valence-electron chi connectivity index (χ2n) is 4.12. The third kappa shape index (κ3) is 3.32. The van der Waals surface area contributed by atoms with E-state index in [1.54, 1.807) is 12.1 Å². The lowest BCUT2D eigenvalue weighted by Gasteiger charge is -2.05. The molecule has 0 N–H and O–H groups in total. The highest BCUT2D eigenvalue weighted by molar-refractivity contribution is 9.10. The lowest BCUT2D eigenvalue weighted by atomic mass is 10.2. The van der Waals surface area contributed by atoms with Crippen LogP contribution in [0.15, 0.2) is 57.9 Å². The molecule has 0 heterocycles. The van der Waals surface area contributed by atoms with Crippen LogP contribution in [0.1, 0.15) is 10.4 Å². The largest absolute Gasteiger partial charge is 0.293 e. The fraction of sp³-hybridized carbons (Fsp3) is 0.0714. The molecule has 20 heavy (non-hydrogen) atoms. The predicted molar refractivity (Wildman–Crippen MR) is 76.9 cm³/mol. The Morgan fingerprint density at radius 3 is 2.25 bits per heavy atom. The maximum atomic E-state index is 13.5. The topological polar surface area (TPSA) is 51.2 Å². The van der Waals surface area contributed by atoms with Crippen molar-refractivity contribution < 1.29 is 17.6 Å². The van der Waals surface area contributed by atoms with Crippen LogP contribution in [0.5, 0.6) is 0 Å². The SMILES string of the molecule is O=C(CS(=O)(=O)c1ccccc1F)c1ccc(Br)cc1. The number of carbonyl (C=O) groups is 1. The van der Waals surface area contributed by atoms with Crippen molar-refractivity contribution in [2.45, 2.75) is 4.90 Å². The van der Waals surface area contributed by atoms with E-state index in [1.165, 1.54) is 24.3 Å². The van der Waals surface area contributed by atoms with Gasteiger partial charge in [-0.3, -0.25) is 4.79 Å². The van der Waals surface area contributed by atoms with Gasteiger partial charge in [0.15, 0.2) is 15.6 Å². The second-order valence-corrected chi connectivity index (χ2v) is 6.99. The first kappa shape index (κ1) is 14.9. The van der Waals surface area contributed by atoms with Crippen LogP contribution in [0.3, 0.4) is 0 Å².